The predicted octanol–water partition coefficient (Wildman–Crippen LogP) is 11.6. The number of amides is 8. The van der Waals surface area contributed by atoms with Crippen LogP contribution >= 0.6 is 0 Å². The molecule has 0 saturated carbocycles. The van der Waals surface area contributed by atoms with Crippen molar-refractivity contribution >= 4 is 106 Å². The van der Waals surface area contributed by atoms with Crippen molar-refractivity contribution in [2.45, 2.75) is 130 Å². The number of carbonyl (C=O) groups excluding carboxylic acids is 8. The summed E-state index contributed by atoms with van der Waals surface area (Å²) in [7, 11) is 3.11. The van der Waals surface area contributed by atoms with E-state index in [1.165, 1.54) is 45.0 Å². The van der Waals surface area contributed by atoms with Gasteiger partial charge in [0.1, 0.15) is 84.0 Å². The van der Waals surface area contributed by atoms with Crippen LogP contribution in [0.2, 0.25) is 0 Å². The number of cyclic esters (lactones) is 3. The van der Waals surface area contributed by atoms with Crippen molar-refractivity contribution in [2.24, 2.45) is 0 Å². The molecule has 0 bridgehead atoms. The maximum atomic E-state index is 14.8. The molecular formula is C88H122F5N15O20. The zero-order valence-electron chi connectivity index (χ0n) is 75.3. The predicted molar refractivity (Wildman–Crippen MR) is 470 cm³/mol. The van der Waals surface area contributed by atoms with Gasteiger partial charge in [-0.3, -0.25) is 20.0 Å². The van der Waals surface area contributed by atoms with Crippen LogP contribution in [0.3, 0.4) is 0 Å². The van der Waals surface area contributed by atoms with Crippen LogP contribution in [0.25, 0.3) is 0 Å². The largest absolute Gasteiger partial charge is 0.447 e. The summed E-state index contributed by atoms with van der Waals surface area (Å²) >= 11 is 0. The Kier molecular flexibility index (Phi) is 33.9. The molecule has 9 saturated heterocycles. The number of carbonyl (C=O) groups is 8. The van der Waals surface area contributed by atoms with Crippen LogP contribution in [-0.4, -0.2) is 318 Å². The highest BCUT2D eigenvalue weighted by Gasteiger charge is 2.40. The Morgan fingerprint density at radius 1 is 0.406 bits per heavy atom. The van der Waals surface area contributed by atoms with Crippen molar-refractivity contribution in [2.75, 3.05) is 248 Å². The van der Waals surface area contributed by atoms with Crippen molar-refractivity contribution in [3.8, 4) is 0 Å². The minimum absolute atomic E-state index is 0.0239. The Labute approximate surface area is 743 Å². The van der Waals surface area contributed by atoms with Gasteiger partial charge in [0.25, 0.3) is 0 Å². The van der Waals surface area contributed by atoms with Gasteiger partial charge in [-0.2, -0.15) is 0 Å². The SMILES string of the molecule is CC(C)(C)OC(=O)N1CCN(c2ccc(N)cc2F)CC1.CC(C)(C)OC(=O)N1CCN(c2ccc(N3C(=O)OCC3CO)cc2F)CC1.CC(C)(C)OC(=O)N1CCN(c2ccc(NC(=O)OCC3CO3)cc2F)CC1.COCC1COC(=O)N1c1ccc(N2CCN(C(=O)OC(C)(C)C)CC2)c(F)c1.COCC1COC(=O)N1c1ccc(N2CCNCC2)c(F)c1. The van der Waals surface area contributed by atoms with E-state index in [0.29, 0.717) is 181 Å². The summed E-state index contributed by atoms with van der Waals surface area (Å²) in [5, 5.41) is 15.1. The van der Waals surface area contributed by atoms with E-state index in [9.17, 15) is 65.4 Å². The number of rotatable bonds is 16. The molecule has 9 aliphatic heterocycles. The van der Waals surface area contributed by atoms with Crippen LogP contribution < -0.4 is 55.6 Å². The number of benzene rings is 5. The number of piperazine rings is 5. The van der Waals surface area contributed by atoms with Crippen molar-refractivity contribution < 1.29 is 118 Å². The van der Waals surface area contributed by atoms with Crippen LogP contribution in [0.15, 0.2) is 91.0 Å². The van der Waals surface area contributed by atoms with Crippen molar-refractivity contribution in [1.29, 1.82) is 0 Å². The number of nitrogens with zero attached hydrogens (tertiary/aromatic N) is 12. The molecule has 40 heteroatoms. The first-order chi connectivity index (χ1) is 60.6. The number of aliphatic hydroxyl groups excluding tert-OH is 1. The smallest absolute Gasteiger partial charge is 0.414 e. The molecular weight excluding hydrogens is 1680 g/mol. The summed E-state index contributed by atoms with van der Waals surface area (Å²) < 4.78 is 129. The van der Waals surface area contributed by atoms with Gasteiger partial charge in [-0.15, -0.1) is 0 Å². The Morgan fingerprint density at radius 3 is 0.984 bits per heavy atom. The first-order valence-corrected chi connectivity index (χ1v) is 42.7. The van der Waals surface area contributed by atoms with Crippen LogP contribution in [0.1, 0.15) is 83.1 Å². The van der Waals surface area contributed by atoms with E-state index >= 15 is 0 Å². The quantitative estimate of drug-likeness (QED) is 0.0308. The second-order valence-corrected chi connectivity index (χ2v) is 35.4. The lowest BCUT2D eigenvalue weighted by atomic mass is 10.2. The second kappa shape index (κ2) is 44.0. The number of nitrogens with two attached hydrogens (primary N) is 1. The lowest BCUT2D eigenvalue weighted by Crippen LogP contribution is -2.50. The van der Waals surface area contributed by atoms with E-state index in [4.69, 9.17) is 57.8 Å². The van der Waals surface area contributed by atoms with Gasteiger partial charge < -0.3 is 112 Å². The van der Waals surface area contributed by atoms with Gasteiger partial charge in [-0.1, -0.05) is 0 Å². The Hall–Kier alpha value is -11.5. The van der Waals surface area contributed by atoms with Crippen LogP contribution in [0.5, 0.6) is 0 Å². The lowest BCUT2D eigenvalue weighted by molar-refractivity contribution is 0.0230. The third-order valence-electron chi connectivity index (χ3n) is 21.0. The van der Waals surface area contributed by atoms with Gasteiger partial charge in [0.05, 0.1) is 90.1 Å². The van der Waals surface area contributed by atoms with Crippen molar-refractivity contribution in [1.82, 2.24) is 24.9 Å². The number of hydrogen-bond acceptors (Lipinski definition) is 27. The normalized spacial score (nSPS) is 19.6. The van der Waals surface area contributed by atoms with Crippen molar-refractivity contribution in [3.05, 3.63) is 120 Å². The minimum Gasteiger partial charge on any atom is -0.447 e. The van der Waals surface area contributed by atoms with Crippen molar-refractivity contribution in [3.63, 3.8) is 0 Å². The summed E-state index contributed by atoms with van der Waals surface area (Å²) in [6.45, 7) is 34.6. The summed E-state index contributed by atoms with van der Waals surface area (Å²) in [4.78, 5) is 116. The molecule has 0 spiro atoms. The molecule has 35 nitrogen and oxygen atoms in total. The summed E-state index contributed by atoms with van der Waals surface area (Å²) in [6, 6.07) is 22.2. The number of methoxy groups -OCH3 is 2. The van der Waals surface area contributed by atoms with Gasteiger partial charge in [0.2, 0.25) is 0 Å². The number of anilines is 10. The number of ether oxygens (including phenoxy) is 11. The fraction of sp³-hybridized carbons (Fsp3) is 0.568. The first kappa shape index (κ1) is 98.7. The molecule has 4 atom stereocenters. The number of nitrogen functional groups attached to an aromatic ring is 1. The molecule has 14 rings (SSSR count). The molecule has 5 N–H and O–H groups in total. The molecule has 9 aliphatic rings. The van der Waals surface area contributed by atoms with Gasteiger partial charge in [0.15, 0.2) is 0 Å². The maximum absolute atomic E-state index is 14.8. The molecule has 0 aromatic heterocycles. The van der Waals surface area contributed by atoms with E-state index in [0.717, 1.165) is 26.2 Å². The minimum atomic E-state index is -0.645. The third kappa shape index (κ3) is 28.3. The monoisotopic (exact) mass is 1800 g/mol. The molecule has 704 valence electrons. The topological polar surface area (TPSA) is 351 Å². The highest BCUT2D eigenvalue weighted by Crippen LogP contribution is 2.35. The van der Waals surface area contributed by atoms with Crippen LogP contribution in [-0.2, 0) is 52.1 Å². The summed E-state index contributed by atoms with van der Waals surface area (Å²) in [5.41, 5.74) is 7.75. The first-order valence-electron chi connectivity index (χ1n) is 42.7. The standard InChI is InChI=1S/C20H28FN3O5.2C19H26FN3O5.C15H20FN3O3.C15H22FN3O2/c1-20(2,3)29-18(25)23-9-7-22(8-10-23)17-6-5-14(11-16(17)21)24-15(12-27-4)13-28-19(24)26;1-19(2,3)28-18(25)23-8-6-22(7-9-23)16-5-4-13(10-15(16)20)21-17(24)27-12-14-11-26-14;1-19(2,3)28-17(25)22-8-6-21(7-9-22)16-5-4-13(10-15(16)20)23-14(11-24)12-27-18(23)26;1-21-9-12-10-22-15(20)19(12)11-2-3-14(13(16)8-11)18-6-4-17-5-7-18;1-15(2,3)21-14(20)19-8-6-18(7-9-19)13-5-4-11(17)10-12(13)16/h5-6,11,15H,7-10,12-13H2,1-4H3;4-5,10,14H,6-9,11-12H2,1-3H3,(H,21,24);4-5,10,14,24H,6-9,11-12H2,1-3H3;2-3,8,12,17H,4-7,9-10H2,1H3;4-5,10H,6-9,17H2,1-3H3. The third-order valence-corrected chi connectivity index (χ3v) is 21.0. The molecule has 0 radical (unpaired) electrons. The molecule has 4 unspecified atom stereocenters. The molecule has 5 aromatic rings. The molecule has 128 heavy (non-hydrogen) atoms. The molecule has 9 heterocycles. The van der Waals surface area contributed by atoms with E-state index in [-0.39, 0.29) is 87.2 Å². The molecule has 8 amide bonds. The molecule has 0 aliphatic carbocycles. The Balaban J connectivity index is 0.000000168. The highest BCUT2D eigenvalue weighted by atomic mass is 19.1. The number of aliphatic hydroxyl groups is 1. The van der Waals surface area contributed by atoms with Gasteiger partial charge in [-0.05, 0) is 174 Å². The zero-order valence-corrected chi connectivity index (χ0v) is 75.3. The zero-order chi connectivity index (χ0) is 93.1. The summed E-state index contributed by atoms with van der Waals surface area (Å²) in [6.07, 6.45) is -3.64. The number of hydrogen-bond donors (Lipinski definition) is 4. The van der Waals surface area contributed by atoms with Crippen LogP contribution in [0.4, 0.5) is 117 Å². The van der Waals surface area contributed by atoms with Gasteiger partial charge >= 0.3 is 48.7 Å². The van der Waals surface area contributed by atoms with E-state index in [2.05, 4.69) is 10.6 Å². The second-order valence-electron chi connectivity index (χ2n) is 35.4. The fourth-order valence-corrected chi connectivity index (χ4v) is 14.6. The summed E-state index contributed by atoms with van der Waals surface area (Å²) in [5.74, 6) is -2.01. The highest BCUT2D eigenvalue weighted by molar-refractivity contribution is 5.92. The van der Waals surface area contributed by atoms with Gasteiger partial charge in [0, 0.05) is 156 Å². The molecule has 9 fully saturated rings. The fourth-order valence-electron chi connectivity index (χ4n) is 14.6. The van der Waals surface area contributed by atoms with E-state index < -0.39 is 70.3 Å². The Bertz CT molecular complexity index is 4610. The lowest BCUT2D eigenvalue weighted by Gasteiger charge is -2.37. The van der Waals surface area contributed by atoms with E-state index in [1.54, 1.807) is 94.5 Å². The molecule has 5 aromatic carbocycles. The van der Waals surface area contributed by atoms with E-state index in [1.807, 2.05) is 108 Å². The number of nitrogens with one attached hydrogen (secondary N) is 2. The maximum Gasteiger partial charge on any atom is 0.414 e. The average molecular weight is 1810 g/mol. The average Bonchev–Trinajstić information content (AvgIpc) is 1.09. The Morgan fingerprint density at radius 2 is 0.695 bits per heavy atom. The van der Waals surface area contributed by atoms with Crippen LogP contribution in [0, 0.1) is 29.1 Å². The number of halogens is 5. The number of epoxide rings is 1. The van der Waals surface area contributed by atoms with Gasteiger partial charge in [-0.25, -0.2) is 60.3 Å².